The summed E-state index contributed by atoms with van der Waals surface area (Å²) in [5, 5.41) is 2.99. The van der Waals surface area contributed by atoms with Crippen molar-refractivity contribution in [2.24, 2.45) is 11.8 Å². The molecule has 2 aliphatic rings. The molecule has 0 radical (unpaired) electrons. The van der Waals surface area contributed by atoms with Gasteiger partial charge in [-0.2, -0.15) is 0 Å². The largest absolute Gasteiger partial charge is 0.377 e. The molecule has 1 amide bonds. The Morgan fingerprint density at radius 3 is 2.85 bits per heavy atom. The summed E-state index contributed by atoms with van der Waals surface area (Å²) in [7, 11) is 0. The van der Waals surface area contributed by atoms with Crippen LogP contribution in [0, 0.1) is 11.8 Å². The van der Waals surface area contributed by atoms with Crippen molar-refractivity contribution < 1.29 is 9.53 Å². The smallest absolute Gasteiger partial charge is 0.225 e. The number of aromatic nitrogens is 3. The number of ether oxygens (including phenoxy) is 1. The topological polar surface area (TPSA) is 80.2 Å². The maximum Gasteiger partial charge on any atom is 0.225 e. The molecule has 2 fully saturated rings. The summed E-state index contributed by atoms with van der Waals surface area (Å²) < 4.78 is 6.01. The van der Waals surface area contributed by atoms with Gasteiger partial charge in [-0.3, -0.25) is 9.78 Å². The first-order chi connectivity index (χ1) is 12.8. The van der Waals surface area contributed by atoms with Gasteiger partial charge < -0.3 is 15.0 Å². The number of amides is 1. The van der Waals surface area contributed by atoms with Crippen LogP contribution in [0.2, 0.25) is 0 Å². The molecule has 4 rings (SSSR count). The minimum Gasteiger partial charge on any atom is -0.377 e. The van der Waals surface area contributed by atoms with Crippen molar-refractivity contribution in [2.45, 2.75) is 25.5 Å². The van der Waals surface area contributed by atoms with Crippen LogP contribution in [-0.4, -0.2) is 46.7 Å². The van der Waals surface area contributed by atoms with E-state index in [4.69, 9.17) is 4.74 Å². The van der Waals surface area contributed by atoms with E-state index in [9.17, 15) is 4.79 Å². The summed E-state index contributed by atoms with van der Waals surface area (Å²) in [6.07, 6.45) is 7.28. The molecule has 0 aliphatic carbocycles. The fraction of sp³-hybridized carbons (Fsp3) is 0.474. The van der Waals surface area contributed by atoms with E-state index in [1.165, 1.54) is 0 Å². The molecule has 136 valence electrons. The lowest BCUT2D eigenvalue weighted by Gasteiger charge is -2.43. The third-order valence-corrected chi connectivity index (χ3v) is 5.14. The summed E-state index contributed by atoms with van der Waals surface area (Å²) in [5.41, 5.74) is 0.862. The first-order valence-corrected chi connectivity index (χ1v) is 9.11. The molecular weight excluding hydrogens is 330 g/mol. The monoisotopic (exact) mass is 353 g/mol. The number of carbonyl (C=O) groups is 1. The van der Waals surface area contributed by atoms with Crippen LogP contribution in [0.25, 0.3) is 0 Å². The number of rotatable bonds is 4. The normalized spacial score (nSPS) is 25.4. The summed E-state index contributed by atoms with van der Waals surface area (Å²) in [5.74, 6) is 1.01. The van der Waals surface area contributed by atoms with Gasteiger partial charge in [0.05, 0.1) is 30.9 Å². The second kappa shape index (κ2) is 7.78. The number of nitrogens with zero attached hydrogens (tertiary/aromatic N) is 4. The van der Waals surface area contributed by atoms with Crippen LogP contribution in [0.1, 0.15) is 18.5 Å². The SMILES string of the molecule is O=C(NCc1ccccn1)[C@@H]1CO[C@@H]2CCN(c3ncccn3)C[C@@H]2C1. The molecule has 0 saturated carbocycles. The lowest BCUT2D eigenvalue weighted by molar-refractivity contribution is -0.135. The van der Waals surface area contributed by atoms with E-state index in [0.29, 0.717) is 19.1 Å². The molecule has 7 nitrogen and oxygen atoms in total. The molecule has 0 aromatic carbocycles. The summed E-state index contributed by atoms with van der Waals surface area (Å²) >= 11 is 0. The van der Waals surface area contributed by atoms with Gasteiger partial charge in [-0.05, 0) is 31.0 Å². The van der Waals surface area contributed by atoms with Crippen LogP contribution >= 0.6 is 0 Å². The number of piperidine rings is 1. The van der Waals surface area contributed by atoms with E-state index in [2.05, 4.69) is 25.2 Å². The predicted octanol–water partition coefficient (Wildman–Crippen LogP) is 1.42. The molecule has 2 aromatic rings. The van der Waals surface area contributed by atoms with Gasteiger partial charge in [0, 0.05) is 37.6 Å². The van der Waals surface area contributed by atoms with Crippen LogP contribution in [0.5, 0.6) is 0 Å². The van der Waals surface area contributed by atoms with Gasteiger partial charge in [0.1, 0.15) is 0 Å². The molecule has 4 heterocycles. The highest BCUT2D eigenvalue weighted by atomic mass is 16.5. The maximum absolute atomic E-state index is 12.5. The van der Waals surface area contributed by atoms with Crippen LogP contribution in [0.4, 0.5) is 5.95 Å². The van der Waals surface area contributed by atoms with Gasteiger partial charge >= 0.3 is 0 Å². The van der Waals surface area contributed by atoms with E-state index in [1.807, 2.05) is 24.3 Å². The van der Waals surface area contributed by atoms with E-state index in [-0.39, 0.29) is 17.9 Å². The number of carbonyl (C=O) groups excluding carboxylic acids is 1. The Labute approximate surface area is 152 Å². The first kappa shape index (κ1) is 16.9. The van der Waals surface area contributed by atoms with Gasteiger partial charge in [0.25, 0.3) is 0 Å². The van der Waals surface area contributed by atoms with Crippen molar-refractivity contribution in [3.05, 3.63) is 48.5 Å². The van der Waals surface area contributed by atoms with E-state index in [1.54, 1.807) is 18.6 Å². The first-order valence-electron chi connectivity index (χ1n) is 9.11. The number of anilines is 1. The van der Waals surface area contributed by atoms with Gasteiger partial charge in [0.15, 0.2) is 0 Å². The average molecular weight is 353 g/mol. The zero-order valence-electron chi connectivity index (χ0n) is 14.6. The standard InChI is InChI=1S/C19H23N5O2/c25-18(23-11-16-4-1-2-6-20-16)15-10-14-12-24(9-5-17(14)26-13-15)19-21-7-3-8-22-19/h1-4,6-8,14-15,17H,5,9-13H2,(H,23,25)/t14-,15-,17+/m0/s1. The summed E-state index contributed by atoms with van der Waals surface area (Å²) in [6, 6.07) is 7.52. The zero-order chi connectivity index (χ0) is 17.8. The van der Waals surface area contributed by atoms with Crippen LogP contribution in [-0.2, 0) is 16.1 Å². The number of hydrogen-bond acceptors (Lipinski definition) is 6. The van der Waals surface area contributed by atoms with Crippen LogP contribution in [0.15, 0.2) is 42.9 Å². The zero-order valence-corrected chi connectivity index (χ0v) is 14.6. The minimum atomic E-state index is -0.114. The molecule has 3 atom stereocenters. The fourth-order valence-electron chi connectivity index (χ4n) is 3.77. The van der Waals surface area contributed by atoms with Gasteiger partial charge in [-0.25, -0.2) is 9.97 Å². The van der Waals surface area contributed by atoms with Crippen molar-refractivity contribution in [1.29, 1.82) is 0 Å². The Balaban J connectivity index is 1.34. The predicted molar refractivity (Wildman–Crippen MR) is 96.3 cm³/mol. The fourth-order valence-corrected chi connectivity index (χ4v) is 3.77. The number of hydrogen-bond donors (Lipinski definition) is 1. The van der Waals surface area contributed by atoms with Gasteiger partial charge in [0.2, 0.25) is 11.9 Å². The van der Waals surface area contributed by atoms with Crippen molar-refractivity contribution in [1.82, 2.24) is 20.3 Å². The molecule has 2 saturated heterocycles. The van der Waals surface area contributed by atoms with Crippen molar-refractivity contribution >= 4 is 11.9 Å². The third-order valence-electron chi connectivity index (χ3n) is 5.14. The number of fused-ring (bicyclic) bond motifs is 1. The van der Waals surface area contributed by atoms with E-state index in [0.717, 1.165) is 37.6 Å². The molecule has 0 bridgehead atoms. The Bertz CT molecular complexity index is 727. The lowest BCUT2D eigenvalue weighted by atomic mass is 9.83. The maximum atomic E-state index is 12.5. The second-order valence-electron chi connectivity index (χ2n) is 6.89. The van der Waals surface area contributed by atoms with Crippen LogP contribution < -0.4 is 10.2 Å². The minimum absolute atomic E-state index is 0.0437. The third kappa shape index (κ3) is 3.83. The molecule has 2 aliphatic heterocycles. The van der Waals surface area contributed by atoms with Crippen molar-refractivity contribution in [3.63, 3.8) is 0 Å². The highest BCUT2D eigenvalue weighted by Crippen LogP contribution is 2.32. The van der Waals surface area contributed by atoms with E-state index >= 15 is 0 Å². The highest BCUT2D eigenvalue weighted by Gasteiger charge is 2.38. The summed E-state index contributed by atoms with van der Waals surface area (Å²) in [4.78, 5) is 27.7. The molecule has 0 unspecified atom stereocenters. The van der Waals surface area contributed by atoms with Crippen LogP contribution in [0.3, 0.4) is 0 Å². The second-order valence-corrected chi connectivity index (χ2v) is 6.89. The van der Waals surface area contributed by atoms with E-state index < -0.39 is 0 Å². The molecule has 0 spiro atoms. The Morgan fingerprint density at radius 2 is 2.04 bits per heavy atom. The average Bonchev–Trinajstić information content (AvgIpc) is 2.72. The Morgan fingerprint density at radius 1 is 1.19 bits per heavy atom. The number of pyridine rings is 1. The molecule has 26 heavy (non-hydrogen) atoms. The Hall–Kier alpha value is -2.54. The van der Waals surface area contributed by atoms with Gasteiger partial charge in [-0.15, -0.1) is 0 Å². The lowest BCUT2D eigenvalue weighted by Crippen LogP contribution is -2.50. The molecule has 1 N–H and O–H groups in total. The van der Waals surface area contributed by atoms with Crippen molar-refractivity contribution in [3.8, 4) is 0 Å². The summed E-state index contributed by atoms with van der Waals surface area (Å²) in [6.45, 7) is 2.67. The molecule has 7 heteroatoms. The van der Waals surface area contributed by atoms with Gasteiger partial charge in [-0.1, -0.05) is 6.07 Å². The van der Waals surface area contributed by atoms with Crippen molar-refractivity contribution in [2.75, 3.05) is 24.6 Å². The quantitative estimate of drug-likeness (QED) is 0.895. The molecule has 2 aromatic heterocycles. The Kier molecular flexibility index (Phi) is 5.06. The molecular formula is C19H23N5O2. The highest BCUT2D eigenvalue weighted by molar-refractivity contribution is 5.78. The number of nitrogens with one attached hydrogen (secondary N) is 1.